The summed E-state index contributed by atoms with van der Waals surface area (Å²) in [6.45, 7) is 1.37. The standard InChI is InChI=1S/C26H28F3N3O4/c1-36-24(34)23-13-20(12-22(14-23)21-4-2-3-19(11-21)15-30)17-32(25(35)26(27,28)29)16-18-5-7-31(8-6-18)9-10-33/h2-4,11-14,18,33H,5-10,16-17H2,1H3. The molecule has 192 valence electrons. The number of amides is 1. The van der Waals surface area contributed by atoms with Crippen LogP contribution in [0.3, 0.4) is 0 Å². The van der Waals surface area contributed by atoms with Crippen LogP contribution in [0.25, 0.3) is 11.1 Å². The van der Waals surface area contributed by atoms with E-state index in [4.69, 9.17) is 9.84 Å². The number of ether oxygens (including phenoxy) is 1. The molecule has 0 aromatic heterocycles. The molecule has 0 bridgehead atoms. The molecule has 36 heavy (non-hydrogen) atoms. The van der Waals surface area contributed by atoms with Crippen LogP contribution < -0.4 is 0 Å². The van der Waals surface area contributed by atoms with Gasteiger partial charge in [-0.15, -0.1) is 0 Å². The van der Waals surface area contributed by atoms with E-state index in [1.54, 1.807) is 36.4 Å². The van der Waals surface area contributed by atoms with E-state index in [2.05, 4.69) is 0 Å². The topological polar surface area (TPSA) is 93.9 Å². The first-order valence-electron chi connectivity index (χ1n) is 11.6. The Morgan fingerprint density at radius 2 is 1.89 bits per heavy atom. The third-order valence-corrected chi connectivity index (χ3v) is 6.24. The first kappa shape index (κ1) is 27.2. The summed E-state index contributed by atoms with van der Waals surface area (Å²) in [6.07, 6.45) is -3.83. The summed E-state index contributed by atoms with van der Waals surface area (Å²) < 4.78 is 45.2. The molecule has 2 aromatic carbocycles. The van der Waals surface area contributed by atoms with Gasteiger partial charge in [-0.3, -0.25) is 4.79 Å². The van der Waals surface area contributed by atoms with Crippen molar-refractivity contribution in [2.24, 2.45) is 5.92 Å². The molecule has 3 rings (SSSR count). The van der Waals surface area contributed by atoms with Gasteiger partial charge in [0.05, 0.1) is 30.9 Å². The number of methoxy groups -OCH3 is 1. The molecule has 1 amide bonds. The van der Waals surface area contributed by atoms with Gasteiger partial charge in [-0.1, -0.05) is 12.1 Å². The lowest BCUT2D eigenvalue weighted by Crippen LogP contribution is -2.45. The predicted octanol–water partition coefficient (Wildman–Crippen LogP) is 3.61. The number of nitriles is 1. The maximum Gasteiger partial charge on any atom is 0.471 e. The van der Waals surface area contributed by atoms with Crippen LogP contribution in [0.2, 0.25) is 0 Å². The molecule has 2 aromatic rings. The molecule has 1 aliphatic heterocycles. The van der Waals surface area contributed by atoms with Gasteiger partial charge in [0.25, 0.3) is 0 Å². The van der Waals surface area contributed by atoms with Crippen LogP contribution in [0, 0.1) is 17.2 Å². The molecule has 1 fully saturated rings. The second-order valence-corrected chi connectivity index (χ2v) is 8.79. The summed E-state index contributed by atoms with van der Waals surface area (Å²) in [4.78, 5) is 27.5. The Labute approximate surface area is 207 Å². The summed E-state index contributed by atoms with van der Waals surface area (Å²) in [5.74, 6) is -2.72. The summed E-state index contributed by atoms with van der Waals surface area (Å²) in [5, 5.41) is 18.3. The lowest BCUT2D eigenvalue weighted by molar-refractivity contribution is -0.187. The van der Waals surface area contributed by atoms with Crippen molar-refractivity contribution in [1.82, 2.24) is 9.80 Å². The zero-order valence-electron chi connectivity index (χ0n) is 19.9. The van der Waals surface area contributed by atoms with Gasteiger partial charge >= 0.3 is 18.1 Å². The molecule has 1 aliphatic rings. The zero-order valence-corrected chi connectivity index (χ0v) is 19.9. The number of β-amino-alcohol motifs (C(OH)–C–C–N with tert-alkyl or cyclic N) is 1. The van der Waals surface area contributed by atoms with Gasteiger partial charge in [-0.25, -0.2) is 4.79 Å². The van der Waals surface area contributed by atoms with Crippen LogP contribution in [0.1, 0.15) is 34.3 Å². The largest absolute Gasteiger partial charge is 0.471 e. The number of benzene rings is 2. The van der Waals surface area contributed by atoms with Crippen molar-refractivity contribution in [3.05, 3.63) is 59.2 Å². The Morgan fingerprint density at radius 3 is 2.50 bits per heavy atom. The zero-order chi connectivity index (χ0) is 26.3. The van der Waals surface area contributed by atoms with Crippen molar-refractivity contribution in [1.29, 1.82) is 5.26 Å². The molecular formula is C26H28F3N3O4. The summed E-state index contributed by atoms with van der Waals surface area (Å²) in [6, 6.07) is 13.2. The monoisotopic (exact) mass is 503 g/mol. The number of aliphatic hydroxyl groups excluding tert-OH is 1. The molecular weight excluding hydrogens is 475 g/mol. The Morgan fingerprint density at radius 1 is 1.17 bits per heavy atom. The fourth-order valence-corrected chi connectivity index (χ4v) is 4.42. The van der Waals surface area contributed by atoms with Gasteiger partial charge in [-0.2, -0.15) is 18.4 Å². The smallest absolute Gasteiger partial charge is 0.465 e. The molecule has 0 unspecified atom stereocenters. The van der Waals surface area contributed by atoms with Gasteiger partial charge in [0.2, 0.25) is 0 Å². The second kappa shape index (κ2) is 12.0. The Balaban J connectivity index is 1.92. The SMILES string of the molecule is COC(=O)c1cc(CN(CC2CCN(CCO)CC2)C(=O)C(F)(F)F)cc(-c2cccc(C#N)c2)c1. The van der Waals surface area contributed by atoms with Crippen molar-refractivity contribution in [2.75, 3.05) is 39.9 Å². The highest BCUT2D eigenvalue weighted by atomic mass is 19.4. The number of aliphatic hydroxyl groups is 1. The molecule has 7 nitrogen and oxygen atoms in total. The van der Waals surface area contributed by atoms with Crippen LogP contribution in [0.15, 0.2) is 42.5 Å². The first-order chi connectivity index (χ1) is 17.1. The Hall–Kier alpha value is -3.42. The van der Waals surface area contributed by atoms with Gasteiger partial charge in [0.1, 0.15) is 0 Å². The first-order valence-corrected chi connectivity index (χ1v) is 11.6. The number of hydrogen-bond donors (Lipinski definition) is 1. The number of halogens is 3. The fraction of sp³-hybridized carbons (Fsp3) is 0.423. The van der Waals surface area contributed by atoms with E-state index in [-0.39, 0.29) is 31.2 Å². The Bertz CT molecular complexity index is 1120. The highest BCUT2D eigenvalue weighted by molar-refractivity contribution is 5.91. The van der Waals surface area contributed by atoms with E-state index in [0.717, 1.165) is 4.90 Å². The number of likely N-dealkylation sites (tertiary alicyclic amines) is 1. The highest BCUT2D eigenvalue weighted by Gasteiger charge is 2.43. The van der Waals surface area contributed by atoms with Crippen LogP contribution >= 0.6 is 0 Å². The van der Waals surface area contributed by atoms with Crippen LogP contribution in [-0.2, 0) is 16.1 Å². The number of carbonyl (C=O) groups excluding carboxylic acids is 2. The van der Waals surface area contributed by atoms with Gasteiger partial charge < -0.3 is 19.6 Å². The van der Waals surface area contributed by atoms with Crippen LogP contribution in [-0.4, -0.2) is 72.9 Å². The molecule has 0 radical (unpaired) electrons. The van der Waals surface area contributed by atoms with Crippen molar-refractivity contribution in [3.63, 3.8) is 0 Å². The number of rotatable bonds is 8. The average Bonchev–Trinajstić information content (AvgIpc) is 2.88. The molecule has 1 saturated heterocycles. The number of hydrogen-bond acceptors (Lipinski definition) is 6. The van der Waals surface area contributed by atoms with E-state index in [9.17, 15) is 28.0 Å². The minimum atomic E-state index is -5.04. The molecule has 1 heterocycles. The van der Waals surface area contributed by atoms with E-state index in [0.29, 0.717) is 54.7 Å². The molecule has 0 aliphatic carbocycles. The number of nitrogens with zero attached hydrogens (tertiary/aromatic N) is 3. The molecule has 0 atom stereocenters. The third kappa shape index (κ3) is 7.06. The second-order valence-electron chi connectivity index (χ2n) is 8.79. The van der Waals surface area contributed by atoms with Gasteiger partial charge in [-0.05, 0) is 78.9 Å². The average molecular weight is 504 g/mol. The summed E-state index contributed by atoms with van der Waals surface area (Å²) >= 11 is 0. The van der Waals surface area contributed by atoms with Crippen LogP contribution in [0.5, 0.6) is 0 Å². The summed E-state index contributed by atoms with van der Waals surface area (Å²) in [5.41, 5.74) is 1.97. The highest BCUT2D eigenvalue weighted by Crippen LogP contribution is 2.28. The lowest BCUT2D eigenvalue weighted by atomic mass is 9.95. The summed E-state index contributed by atoms with van der Waals surface area (Å²) in [7, 11) is 1.20. The number of esters is 1. The van der Waals surface area contributed by atoms with Crippen molar-refractivity contribution in [2.45, 2.75) is 25.6 Å². The molecule has 0 spiro atoms. The van der Waals surface area contributed by atoms with Crippen LogP contribution in [0.4, 0.5) is 13.2 Å². The van der Waals surface area contributed by atoms with Gasteiger partial charge in [0, 0.05) is 19.6 Å². The molecule has 1 N–H and O–H groups in total. The van der Waals surface area contributed by atoms with E-state index < -0.39 is 18.1 Å². The number of alkyl halides is 3. The predicted molar refractivity (Wildman–Crippen MR) is 126 cm³/mol. The van der Waals surface area contributed by atoms with Crippen molar-refractivity contribution >= 4 is 11.9 Å². The lowest BCUT2D eigenvalue weighted by Gasteiger charge is -2.35. The maximum atomic E-state index is 13.5. The fourth-order valence-electron chi connectivity index (χ4n) is 4.42. The van der Waals surface area contributed by atoms with Crippen molar-refractivity contribution < 1.29 is 32.6 Å². The third-order valence-electron chi connectivity index (χ3n) is 6.24. The Kier molecular flexibility index (Phi) is 9.07. The normalized spacial score (nSPS) is 14.8. The quantitative estimate of drug-likeness (QED) is 0.554. The number of carbonyl (C=O) groups is 2. The van der Waals surface area contributed by atoms with Gasteiger partial charge in [0.15, 0.2) is 0 Å². The molecule has 10 heteroatoms. The van der Waals surface area contributed by atoms with E-state index in [1.165, 1.54) is 13.2 Å². The molecule has 0 saturated carbocycles. The number of piperidine rings is 1. The van der Waals surface area contributed by atoms with E-state index in [1.807, 2.05) is 11.0 Å². The minimum Gasteiger partial charge on any atom is -0.465 e. The maximum absolute atomic E-state index is 13.5. The van der Waals surface area contributed by atoms with E-state index >= 15 is 0 Å². The minimum absolute atomic E-state index is 0.0134. The van der Waals surface area contributed by atoms with Crippen molar-refractivity contribution in [3.8, 4) is 17.2 Å².